The van der Waals surface area contributed by atoms with Gasteiger partial charge >= 0.3 is 0 Å². The van der Waals surface area contributed by atoms with E-state index in [2.05, 4.69) is 29.5 Å². The molecule has 0 bridgehead atoms. The summed E-state index contributed by atoms with van der Waals surface area (Å²) in [7, 11) is 0. The van der Waals surface area contributed by atoms with Crippen LogP contribution >= 0.6 is 0 Å². The van der Waals surface area contributed by atoms with Crippen molar-refractivity contribution in [2.45, 2.75) is 19.8 Å². The minimum absolute atomic E-state index is 0.198. The van der Waals surface area contributed by atoms with E-state index in [0.29, 0.717) is 11.6 Å². The van der Waals surface area contributed by atoms with Gasteiger partial charge in [-0.1, -0.05) is 38.1 Å². The van der Waals surface area contributed by atoms with Gasteiger partial charge in [0.15, 0.2) is 11.5 Å². The van der Waals surface area contributed by atoms with Crippen molar-refractivity contribution in [3.8, 4) is 11.3 Å². The van der Waals surface area contributed by atoms with E-state index in [4.69, 9.17) is 9.05 Å². The van der Waals surface area contributed by atoms with Crippen LogP contribution < -0.4 is 5.32 Å². The van der Waals surface area contributed by atoms with Gasteiger partial charge in [0, 0.05) is 5.56 Å². The van der Waals surface area contributed by atoms with Gasteiger partial charge in [-0.15, -0.1) is 0 Å². The molecule has 3 aromatic rings. The van der Waals surface area contributed by atoms with E-state index in [9.17, 15) is 4.79 Å². The lowest BCUT2D eigenvalue weighted by Gasteiger charge is -2.06. The molecule has 1 aromatic carbocycles. The van der Waals surface area contributed by atoms with Crippen molar-refractivity contribution in [3.63, 3.8) is 0 Å². The first-order chi connectivity index (χ1) is 10.6. The molecule has 0 aliphatic rings. The SMILES string of the molecule is CC(C)c1ccc(-c2nonc2NC(=O)c2ccco2)cc1. The number of anilines is 1. The molecular weight excluding hydrogens is 282 g/mol. The fourth-order valence-corrected chi connectivity index (χ4v) is 2.06. The molecule has 3 rings (SSSR count). The maximum atomic E-state index is 12.0. The topological polar surface area (TPSA) is 81.2 Å². The molecule has 0 atom stereocenters. The first kappa shape index (κ1) is 14.1. The number of aromatic nitrogens is 2. The van der Waals surface area contributed by atoms with Gasteiger partial charge in [-0.25, -0.2) is 4.63 Å². The second-order valence-corrected chi connectivity index (χ2v) is 5.17. The first-order valence-corrected chi connectivity index (χ1v) is 6.93. The molecule has 0 saturated carbocycles. The predicted octanol–water partition coefficient (Wildman–Crippen LogP) is 3.71. The maximum Gasteiger partial charge on any atom is 0.292 e. The lowest BCUT2D eigenvalue weighted by Crippen LogP contribution is -2.11. The van der Waals surface area contributed by atoms with Crippen molar-refractivity contribution in [3.05, 3.63) is 54.0 Å². The van der Waals surface area contributed by atoms with E-state index in [0.717, 1.165) is 5.56 Å². The van der Waals surface area contributed by atoms with Crippen LogP contribution in [0.5, 0.6) is 0 Å². The highest BCUT2D eigenvalue weighted by molar-refractivity contribution is 6.03. The van der Waals surface area contributed by atoms with Crippen molar-refractivity contribution in [1.82, 2.24) is 10.3 Å². The highest BCUT2D eigenvalue weighted by Gasteiger charge is 2.17. The molecule has 2 heterocycles. The van der Waals surface area contributed by atoms with Gasteiger partial charge in [-0.3, -0.25) is 10.1 Å². The van der Waals surface area contributed by atoms with Crippen LogP contribution in [0.15, 0.2) is 51.7 Å². The Morgan fingerprint density at radius 2 is 1.91 bits per heavy atom. The lowest BCUT2D eigenvalue weighted by atomic mass is 10.0. The summed E-state index contributed by atoms with van der Waals surface area (Å²) in [4.78, 5) is 12.0. The van der Waals surface area contributed by atoms with Crippen molar-refractivity contribution in [1.29, 1.82) is 0 Å². The van der Waals surface area contributed by atoms with Gasteiger partial charge in [0.2, 0.25) is 5.82 Å². The Kier molecular flexibility index (Phi) is 3.74. The highest BCUT2D eigenvalue weighted by atomic mass is 16.6. The molecule has 0 fully saturated rings. The second kappa shape index (κ2) is 5.85. The third kappa shape index (κ3) is 2.76. The van der Waals surface area contributed by atoms with Crippen LogP contribution in [0.25, 0.3) is 11.3 Å². The van der Waals surface area contributed by atoms with Crippen molar-refractivity contribution in [2.75, 3.05) is 5.32 Å². The summed E-state index contributed by atoms with van der Waals surface area (Å²) >= 11 is 0. The summed E-state index contributed by atoms with van der Waals surface area (Å²) in [5.41, 5.74) is 2.52. The van der Waals surface area contributed by atoms with Gasteiger partial charge in [0.25, 0.3) is 5.91 Å². The van der Waals surface area contributed by atoms with E-state index in [1.807, 2.05) is 24.3 Å². The minimum atomic E-state index is -0.402. The molecule has 1 N–H and O–H groups in total. The zero-order valence-corrected chi connectivity index (χ0v) is 12.2. The number of rotatable bonds is 4. The number of hydrogen-bond donors (Lipinski definition) is 1. The number of nitrogens with one attached hydrogen (secondary N) is 1. The third-order valence-corrected chi connectivity index (χ3v) is 3.32. The number of benzene rings is 1. The van der Waals surface area contributed by atoms with Gasteiger partial charge in [-0.05, 0) is 33.9 Å². The number of nitrogens with zero attached hydrogens (tertiary/aromatic N) is 2. The van der Waals surface area contributed by atoms with Gasteiger partial charge < -0.3 is 4.42 Å². The molecule has 6 nitrogen and oxygen atoms in total. The van der Waals surface area contributed by atoms with Crippen LogP contribution in [0, 0.1) is 0 Å². The minimum Gasteiger partial charge on any atom is -0.459 e. The summed E-state index contributed by atoms with van der Waals surface area (Å²) in [6, 6.07) is 11.1. The molecular formula is C16H15N3O3. The largest absolute Gasteiger partial charge is 0.459 e. The van der Waals surface area contributed by atoms with Gasteiger partial charge in [-0.2, -0.15) is 0 Å². The van der Waals surface area contributed by atoms with Crippen LogP contribution in [0.1, 0.15) is 35.9 Å². The fourth-order valence-electron chi connectivity index (χ4n) is 2.06. The standard InChI is InChI=1S/C16H15N3O3/c1-10(2)11-5-7-12(8-6-11)14-15(19-22-18-14)17-16(20)13-4-3-9-21-13/h3-10H,1-2H3,(H,17,19,20). The van der Waals surface area contributed by atoms with Crippen molar-refractivity contribution >= 4 is 11.7 Å². The van der Waals surface area contributed by atoms with E-state index >= 15 is 0 Å². The Labute approximate surface area is 127 Å². The molecule has 112 valence electrons. The van der Waals surface area contributed by atoms with Crippen molar-refractivity contribution < 1.29 is 13.8 Å². The normalized spacial score (nSPS) is 10.9. The van der Waals surface area contributed by atoms with Gasteiger partial charge in [0.1, 0.15) is 0 Å². The molecule has 0 spiro atoms. The fraction of sp³-hybridized carbons (Fsp3) is 0.188. The Balaban J connectivity index is 1.84. The van der Waals surface area contributed by atoms with E-state index < -0.39 is 5.91 Å². The van der Waals surface area contributed by atoms with Crippen LogP contribution in [-0.4, -0.2) is 16.2 Å². The molecule has 1 amide bonds. The number of carbonyl (C=O) groups excluding carboxylic acids is 1. The van der Waals surface area contributed by atoms with Crippen LogP contribution in [-0.2, 0) is 0 Å². The van der Waals surface area contributed by atoms with Gasteiger partial charge in [0.05, 0.1) is 6.26 Å². The summed E-state index contributed by atoms with van der Waals surface area (Å²) in [6.07, 6.45) is 1.43. The molecule has 0 saturated heterocycles. The van der Waals surface area contributed by atoms with Crippen LogP contribution in [0.2, 0.25) is 0 Å². The molecule has 0 radical (unpaired) electrons. The maximum absolute atomic E-state index is 12.0. The van der Waals surface area contributed by atoms with Crippen LogP contribution in [0.4, 0.5) is 5.82 Å². The lowest BCUT2D eigenvalue weighted by molar-refractivity contribution is 0.0995. The quantitative estimate of drug-likeness (QED) is 0.794. The van der Waals surface area contributed by atoms with E-state index in [1.54, 1.807) is 12.1 Å². The van der Waals surface area contributed by atoms with Crippen molar-refractivity contribution in [2.24, 2.45) is 0 Å². The number of hydrogen-bond acceptors (Lipinski definition) is 5. The Hall–Kier alpha value is -2.89. The highest BCUT2D eigenvalue weighted by Crippen LogP contribution is 2.26. The smallest absolute Gasteiger partial charge is 0.292 e. The molecule has 0 unspecified atom stereocenters. The predicted molar refractivity (Wildman–Crippen MR) is 80.5 cm³/mol. The van der Waals surface area contributed by atoms with Crippen LogP contribution in [0.3, 0.4) is 0 Å². The average Bonchev–Trinajstić information content (AvgIpc) is 3.18. The zero-order chi connectivity index (χ0) is 15.5. The summed E-state index contributed by atoms with van der Waals surface area (Å²) in [5.74, 6) is 0.506. The Morgan fingerprint density at radius 1 is 1.14 bits per heavy atom. The number of furan rings is 1. The first-order valence-electron chi connectivity index (χ1n) is 6.93. The van der Waals surface area contributed by atoms with E-state index in [-0.39, 0.29) is 11.6 Å². The molecule has 2 aromatic heterocycles. The Bertz CT molecular complexity index is 758. The third-order valence-electron chi connectivity index (χ3n) is 3.32. The molecule has 0 aliphatic heterocycles. The second-order valence-electron chi connectivity index (χ2n) is 5.17. The molecule has 6 heteroatoms. The monoisotopic (exact) mass is 297 g/mol. The Morgan fingerprint density at radius 3 is 2.55 bits per heavy atom. The molecule has 0 aliphatic carbocycles. The summed E-state index contributed by atoms with van der Waals surface area (Å²) in [6.45, 7) is 4.25. The zero-order valence-electron chi connectivity index (χ0n) is 12.2. The molecule has 22 heavy (non-hydrogen) atoms. The summed E-state index contributed by atoms with van der Waals surface area (Å²) in [5, 5.41) is 10.2. The number of amides is 1. The summed E-state index contributed by atoms with van der Waals surface area (Å²) < 4.78 is 9.79. The van der Waals surface area contributed by atoms with E-state index in [1.165, 1.54) is 11.8 Å². The number of carbonyl (C=O) groups is 1. The average molecular weight is 297 g/mol.